The van der Waals surface area contributed by atoms with Crippen LogP contribution in [-0.4, -0.2) is 45.6 Å². The van der Waals surface area contributed by atoms with Gasteiger partial charge in [-0.15, -0.1) is 0 Å². The third-order valence-corrected chi connectivity index (χ3v) is 10.3. The maximum Gasteiger partial charge on any atom is 0.234 e. The smallest absolute Gasteiger partial charge is 0.234 e. The predicted molar refractivity (Wildman–Crippen MR) is 168 cm³/mol. The molecule has 2 aromatic carbocycles. The molecule has 0 unspecified atom stereocenters. The van der Waals surface area contributed by atoms with Gasteiger partial charge in [0.05, 0.1) is 30.2 Å². The number of benzene rings is 2. The quantitative estimate of drug-likeness (QED) is 0.236. The van der Waals surface area contributed by atoms with E-state index in [0.717, 1.165) is 72.5 Å². The molecule has 1 saturated carbocycles. The molecule has 0 spiro atoms. The number of allylic oxidation sites excluding steroid dienone is 2. The molecule has 2 aliphatic heterocycles. The maximum absolute atomic E-state index is 13.9. The lowest BCUT2D eigenvalue weighted by molar-refractivity contribution is -0.143. The Labute approximate surface area is 253 Å². The topological polar surface area (TPSA) is 79.7 Å². The highest BCUT2D eigenvalue weighted by molar-refractivity contribution is 6.06. The molecule has 3 fully saturated rings. The van der Waals surface area contributed by atoms with Gasteiger partial charge in [0.25, 0.3) is 0 Å². The van der Waals surface area contributed by atoms with E-state index < -0.39 is 0 Å². The third-order valence-electron chi connectivity index (χ3n) is 10.3. The molecule has 6 heteroatoms. The minimum absolute atomic E-state index is 0.00735. The molecule has 0 radical (unpaired) electrons. The molecule has 2 saturated heterocycles. The Bertz CT molecular complexity index is 1600. The number of fused-ring (bicyclic) bond motifs is 4. The van der Waals surface area contributed by atoms with E-state index in [1.54, 1.807) is 11.0 Å². The van der Waals surface area contributed by atoms with Crippen LogP contribution >= 0.6 is 0 Å². The van der Waals surface area contributed by atoms with Crippen molar-refractivity contribution in [3.05, 3.63) is 83.2 Å². The Morgan fingerprint density at radius 2 is 1.77 bits per heavy atom. The van der Waals surface area contributed by atoms with Gasteiger partial charge in [-0.1, -0.05) is 68.2 Å². The summed E-state index contributed by atoms with van der Waals surface area (Å²) >= 11 is 0. The molecule has 3 heterocycles. The number of aromatic hydroxyl groups is 1. The van der Waals surface area contributed by atoms with E-state index in [1.165, 1.54) is 17.6 Å². The Hall–Kier alpha value is -3.77. The zero-order valence-corrected chi connectivity index (χ0v) is 24.9. The summed E-state index contributed by atoms with van der Waals surface area (Å²) in [4.78, 5) is 33.9. The lowest BCUT2D eigenvalue weighted by Gasteiger charge is -2.31. The number of carbonyl (C=O) groups is 2. The number of imide groups is 1. The van der Waals surface area contributed by atoms with Gasteiger partial charge >= 0.3 is 0 Å². The van der Waals surface area contributed by atoms with Crippen molar-refractivity contribution in [3.63, 3.8) is 0 Å². The largest absolute Gasteiger partial charge is 0.507 e. The predicted octanol–water partition coefficient (Wildman–Crippen LogP) is 7.32. The molecule has 222 valence electrons. The number of phenols is 1. The first-order valence-corrected chi connectivity index (χ1v) is 16.1. The maximum atomic E-state index is 13.9. The fourth-order valence-electron chi connectivity index (χ4n) is 8.27. The van der Waals surface area contributed by atoms with E-state index in [-0.39, 0.29) is 47.5 Å². The second kappa shape index (κ2) is 11.7. The average molecular weight is 577 g/mol. The lowest BCUT2D eigenvalue weighted by atomic mass is 9.69. The second-order valence-electron chi connectivity index (χ2n) is 12.7. The number of hydrogen-bond donors (Lipinski definition) is 1. The van der Waals surface area contributed by atoms with Crippen molar-refractivity contribution < 1.29 is 19.4 Å². The van der Waals surface area contributed by atoms with Crippen LogP contribution in [0.15, 0.2) is 71.9 Å². The van der Waals surface area contributed by atoms with Crippen molar-refractivity contribution in [2.75, 3.05) is 6.61 Å². The normalized spacial score (nSPS) is 26.3. The van der Waals surface area contributed by atoms with Crippen LogP contribution < -0.4 is 0 Å². The summed E-state index contributed by atoms with van der Waals surface area (Å²) in [6.07, 6.45) is 12.3. The number of rotatable bonds is 7. The van der Waals surface area contributed by atoms with E-state index in [9.17, 15) is 14.7 Å². The molecule has 3 aromatic rings. The lowest BCUT2D eigenvalue weighted by Crippen LogP contribution is -2.42. The van der Waals surface area contributed by atoms with E-state index >= 15 is 0 Å². The number of nitrogens with zero attached hydrogens (tertiary/aromatic N) is 2. The Balaban J connectivity index is 1.17. The van der Waals surface area contributed by atoms with Gasteiger partial charge < -0.3 is 9.84 Å². The number of carbonyl (C=O) groups excluding carboxylic acids is 2. The van der Waals surface area contributed by atoms with Gasteiger partial charge in [-0.05, 0) is 84.9 Å². The van der Waals surface area contributed by atoms with Crippen molar-refractivity contribution >= 4 is 34.2 Å². The molecule has 6 nitrogen and oxygen atoms in total. The summed E-state index contributed by atoms with van der Waals surface area (Å²) in [5.41, 5.74) is 5.65. The van der Waals surface area contributed by atoms with Gasteiger partial charge in [-0.25, -0.2) is 0 Å². The number of aromatic nitrogens is 1. The van der Waals surface area contributed by atoms with Crippen molar-refractivity contribution in [2.24, 2.45) is 17.8 Å². The summed E-state index contributed by atoms with van der Waals surface area (Å²) in [6, 6.07) is 17.7. The summed E-state index contributed by atoms with van der Waals surface area (Å²) in [7, 11) is 0. The first-order chi connectivity index (χ1) is 21.0. The SMILES string of the molecule is CCC1=C2[C@@H](CC/C(=C/c3ccc(O)c4ccccc34)c3ccccn3)OC[C@@H]2[C@@H]2C(=O)N(C3CCCCC3)C(=O)[C@@H]2C1. The van der Waals surface area contributed by atoms with Crippen LogP contribution in [-0.2, 0) is 14.3 Å². The summed E-state index contributed by atoms with van der Waals surface area (Å²) in [5, 5.41) is 12.3. The van der Waals surface area contributed by atoms with Crippen LogP contribution in [0.25, 0.3) is 22.4 Å². The van der Waals surface area contributed by atoms with Gasteiger partial charge in [0.2, 0.25) is 11.8 Å². The number of phenolic OH excluding ortho intramolecular Hbond substituents is 1. The fourth-order valence-corrected chi connectivity index (χ4v) is 8.27. The summed E-state index contributed by atoms with van der Waals surface area (Å²) in [6.45, 7) is 2.68. The fraction of sp³-hybridized carbons (Fsp3) is 0.432. The van der Waals surface area contributed by atoms with Crippen LogP contribution in [0.5, 0.6) is 5.75 Å². The molecule has 43 heavy (non-hydrogen) atoms. The summed E-state index contributed by atoms with van der Waals surface area (Å²) in [5.74, 6) is -0.124. The van der Waals surface area contributed by atoms with Crippen molar-refractivity contribution in [3.8, 4) is 5.75 Å². The van der Waals surface area contributed by atoms with Gasteiger partial charge in [0, 0.05) is 23.5 Å². The molecule has 7 rings (SSSR count). The minimum atomic E-state index is -0.279. The van der Waals surface area contributed by atoms with Gasteiger partial charge in [-0.2, -0.15) is 0 Å². The first kappa shape index (κ1) is 28.0. The second-order valence-corrected chi connectivity index (χ2v) is 12.7. The van der Waals surface area contributed by atoms with E-state index in [2.05, 4.69) is 18.0 Å². The first-order valence-electron chi connectivity index (χ1n) is 16.1. The summed E-state index contributed by atoms with van der Waals surface area (Å²) < 4.78 is 6.51. The van der Waals surface area contributed by atoms with Crippen LogP contribution in [0.2, 0.25) is 0 Å². The van der Waals surface area contributed by atoms with Gasteiger partial charge in [-0.3, -0.25) is 19.5 Å². The highest BCUT2D eigenvalue weighted by Gasteiger charge is 2.57. The van der Waals surface area contributed by atoms with E-state index in [1.807, 2.05) is 54.7 Å². The third kappa shape index (κ3) is 5.00. The highest BCUT2D eigenvalue weighted by atomic mass is 16.5. The van der Waals surface area contributed by atoms with E-state index in [0.29, 0.717) is 13.0 Å². The van der Waals surface area contributed by atoms with E-state index in [4.69, 9.17) is 4.74 Å². The molecule has 2 amide bonds. The number of amides is 2. The minimum Gasteiger partial charge on any atom is -0.507 e. The Kier molecular flexibility index (Phi) is 7.64. The molecule has 4 atom stereocenters. The zero-order valence-electron chi connectivity index (χ0n) is 24.9. The molecule has 0 bridgehead atoms. The zero-order chi connectivity index (χ0) is 29.5. The Morgan fingerprint density at radius 1 is 0.977 bits per heavy atom. The molecular formula is C37H40N2O4. The van der Waals surface area contributed by atoms with Crippen LogP contribution in [0, 0.1) is 17.8 Å². The highest BCUT2D eigenvalue weighted by Crippen LogP contribution is 2.51. The number of hydrogen-bond acceptors (Lipinski definition) is 5. The molecule has 1 aromatic heterocycles. The average Bonchev–Trinajstić information content (AvgIpc) is 3.58. The van der Waals surface area contributed by atoms with Crippen LogP contribution in [0.1, 0.15) is 76.0 Å². The number of likely N-dealkylation sites (tertiary alicyclic amines) is 1. The van der Waals surface area contributed by atoms with Crippen molar-refractivity contribution in [1.82, 2.24) is 9.88 Å². The molecule has 2 aliphatic carbocycles. The van der Waals surface area contributed by atoms with Crippen LogP contribution in [0.3, 0.4) is 0 Å². The monoisotopic (exact) mass is 576 g/mol. The van der Waals surface area contributed by atoms with Gasteiger partial charge in [0.15, 0.2) is 0 Å². The van der Waals surface area contributed by atoms with Gasteiger partial charge in [0.1, 0.15) is 5.75 Å². The standard InChI is InChI=1S/C37H40N2O4/c1-2-23-21-29-35(37(42)39(36(29)41)26-10-4-3-5-11-26)30-22-43-33(34(23)30)18-16-25(31-14-8-9-19-38-31)20-24-15-17-32(40)28-13-7-6-12-27(24)28/h6-9,12-15,17,19-20,26,29-30,33,35,40H,2-5,10-11,16,18,21-22H2,1H3/b25-20-/t29-,30+,33-,35-/m1/s1. The Morgan fingerprint density at radius 3 is 2.53 bits per heavy atom. The van der Waals surface area contributed by atoms with Crippen LogP contribution in [0.4, 0.5) is 0 Å². The number of ether oxygens (including phenoxy) is 1. The number of pyridine rings is 1. The molecule has 4 aliphatic rings. The molecular weight excluding hydrogens is 536 g/mol. The van der Waals surface area contributed by atoms with Crippen molar-refractivity contribution in [1.29, 1.82) is 0 Å². The van der Waals surface area contributed by atoms with Crippen molar-refractivity contribution in [2.45, 2.75) is 76.9 Å². The molecule has 1 N–H and O–H groups in total.